The van der Waals surface area contributed by atoms with E-state index in [4.69, 9.17) is 13.3 Å². The first-order valence-electron chi connectivity index (χ1n) is 14.3. The van der Waals surface area contributed by atoms with Crippen LogP contribution in [-0.2, 0) is 4.43 Å². The quantitative estimate of drug-likeness (QED) is 0.402. The van der Waals surface area contributed by atoms with E-state index >= 15 is 0 Å². The van der Waals surface area contributed by atoms with Gasteiger partial charge in [-0.1, -0.05) is 13.8 Å². The molecule has 198 valence electrons. The number of fused-ring (bicyclic) bond motifs is 5. The van der Waals surface area contributed by atoms with Gasteiger partial charge in [-0.2, -0.15) is 0 Å². The summed E-state index contributed by atoms with van der Waals surface area (Å²) in [6, 6.07) is 2.13. The van der Waals surface area contributed by atoms with Crippen molar-refractivity contribution < 1.29 is 18.4 Å². The predicted octanol–water partition coefficient (Wildman–Crippen LogP) is 7.95. The summed E-state index contributed by atoms with van der Waals surface area (Å²) in [5, 5.41) is 12.5. The maximum atomic E-state index is 12.5. The molecule has 4 fully saturated rings. The van der Waals surface area contributed by atoms with Gasteiger partial charge in [0.15, 0.2) is 8.32 Å². The molecule has 4 aliphatic rings. The third-order valence-corrected chi connectivity index (χ3v) is 12.6. The Labute approximate surface area is 215 Å². The predicted molar refractivity (Wildman–Crippen MR) is 147 cm³/mol. The molecule has 0 amide bonds. The molecule has 1 heterocycles. The Morgan fingerprint density at radius 3 is 2.31 bits per heavy atom. The third-order valence-electron chi connectivity index (χ3n) is 10.7. The topological polar surface area (TPSA) is 51.8 Å². The van der Waals surface area contributed by atoms with Crippen LogP contribution in [0.2, 0.25) is 39.3 Å². The number of aliphatic hydroxyl groups is 1. The van der Waals surface area contributed by atoms with Crippen LogP contribution in [0.1, 0.15) is 83.1 Å². The highest BCUT2D eigenvalue weighted by molar-refractivity contribution is 6.70. The average Bonchev–Trinajstić information content (AvgIpc) is 3.27. The van der Waals surface area contributed by atoms with E-state index in [1.54, 1.807) is 0 Å². The summed E-state index contributed by atoms with van der Waals surface area (Å²) in [5.41, 5.74) is 0.928. The Morgan fingerprint density at radius 2 is 1.63 bits per heavy atom. The number of hydrogen-bond donors (Lipinski definition) is 1. The normalized spacial score (nSPS) is 43.9. The number of rotatable bonds is 5. The molecular weight excluding hydrogens is 468 g/mol. The maximum absolute atomic E-state index is 12.5. The van der Waals surface area contributed by atoms with Gasteiger partial charge in [-0.15, -0.1) is 0 Å². The molecule has 5 rings (SSSR count). The minimum Gasteiger partial charge on any atom is -0.519 e. The summed E-state index contributed by atoms with van der Waals surface area (Å²) in [4.78, 5) is 0. The Kier molecular flexibility index (Phi) is 6.31. The number of furan rings is 1. The van der Waals surface area contributed by atoms with E-state index in [9.17, 15) is 5.11 Å². The SMILES string of the molecule is C[C@]12CC[C@H](O[Si](C)(C)C)C[C@H]1CC[C@@H]1[C@@H]2CC[C@]2(C)[C@@H](c3coc(O[Si](C)(C)C)c3)CC[C@]12O. The molecule has 0 saturated heterocycles. The molecule has 1 aromatic heterocycles. The van der Waals surface area contributed by atoms with Gasteiger partial charge in [-0.25, -0.2) is 0 Å². The highest BCUT2D eigenvalue weighted by atomic mass is 28.4. The fraction of sp³-hybridized carbons (Fsp3) is 0.862. The van der Waals surface area contributed by atoms with Crippen LogP contribution in [-0.4, -0.2) is 33.4 Å². The second-order valence-corrected chi connectivity index (χ2v) is 23.9. The van der Waals surface area contributed by atoms with Crippen molar-refractivity contribution in [1.82, 2.24) is 0 Å². The minimum absolute atomic E-state index is 0.0875. The zero-order valence-electron chi connectivity index (χ0n) is 23.6. The van der Waals surface area contributed by atoms with Gasteiger partial charge in [0.2, 0.25) is 8.32 Å². The molecule has 35 heavy (non-hydrogen) atoms. The van der Waals surface area contributed by atoms with E-state index in [1.165, 1.54) is 44.1 Å². The van der Waals surface area contributed by atoms with E-state index in [0.29, 0.717) is 35.2 Å². The summed E-state index contributed by atoms with van der Waals surface area (Å²) in [6.07, 6.45) is 12.9. The highest BCUT2D eigenvalue weighted by Gasteiger charge is 2.67. The molecular formula is C29H50O4Si2. The largest absolute Gasteiger partial charge is 0.519 e. The second kappa shape index (κ2) is 8.47. The van der Waals surface area contributed by atoms with Gasteiger partial charge < -0.3 is 18.4 Å². The Balaban J connectivity index is 1.35. The summed E-state index contributed by atoms with van der Waals surface area (Å²) < 4.78 is 18.6. The lowest BCUT2D eigenvalue weighted by atomic mass is 9.43. The van der Waals surface area contributed by atoms with Crippen molar-refractivity contribution in [3.05, 3.63) is 17.9 Å². The van der Waals surface area contributed by atoms with Crippen LogP contribution in [0.4, 0.5) is 0 Å². The molecule has 0 spiro atoms. The lowest BCUT2D eigenvalue weighted by Gasteiger charge is -2.64. The van der Waals surface area contributed by atoms with Gasteiger partial charge in [0.05, 0.1) is 11.9 Å². The van der Waals surface area contributed by atoms with Gasteiger partial charge in [0.25, 0.3) is 5.95 Å². The van der Waals surface area contributed by atoms with Crippen LogP contribution in [0, 0.1) is 28.6 Å². The maximum Gasteiger partial charge on any atom is 0.270 e. The first kappa shape index (κ1) is 26.1. The Hall–Kier alpha value is -0.566. The van der Waals surface area contributed by atoms with Crippen LogP contribution in [0.3, 0.4) is 0 Å². The van der Waals surface area contributed by atoms with Crippen LogP contribution in [0.5, 0.6) is 5.95 Å². The van der Waals surface area contributed by atoms with E-state index in [1.807, 2.05) is 6.26 Å². The third kappa shape index (κ3) is 4.42. The van der Waals surface area contributed by atoms with Crippen LogP contribution in [0.25, 0.3) is 0 Å². The Bertz CT molecular complexity index is 932. The molecule has 4 aliphatic carbocycles. The van der Waals surface area contributed by atoms with Gasteiger partial charge in [-0.3, -0.25) is 0 Å². The van der Waals surface area contributed by atoms with Crippen molar-refractivity contribution in [3.8, 4) is 5.95 Å². The molecule has 4 saturated carbocycles. The fourth-order valence-electron chi connectivity index (χ4n) is 9.20. The van der Waals surface area contributed by atoms with Gasteiger partial charge in [0, 0.05) is 17.6 Å². The van der Waals surface area contributed by atoms with E-state index in [0.717, 1.165) is 25.2 Å². The van der Waals surface area contributed by atoms with Crippen molar-refractivity contribution in [1.29, 1.82) is 0 Å². The fourth-order valence-corrected chi connectivity index (χ4v) is 11.1. The lowest BCUT2D eigenvalue weighted by Crippen LogP contribution is -2.62. The molecule has 0 aliphatic heterocycles. The number of hydrogen-bond acceptors (Lipinski definition) is 4. The summed E-state index contributed by atoms with van der Waals surface area (Å²) in [5.74, 6) is 2.83. The average molecular weight is 519 g/mol. The van der Waals surface area contributed by atoms with Crippen molar-refractivity contribution in [2.24, 2.45) is 28.6 Å². The van der Waals surface area contributed by atoms with Crippen LogP contribution >= 0.6 is 0 Å². The van der Waals surface area contributed by atoms with Gasteiger partial charge >= 0.3 is 0 Å². The lowest BCUT2D eigenvalue weighted by molar-refractivity contribution is -0.204. The molecule has 1 N–H and O–H groups in total. The van der Waals surface area contributed by atoms with E-state index < -0.39 is 22.2 Å². The summed E-state index contributed by atoms with van der Waals surface area (Å²) >= 11 is 0. The molecule has 8 atom stereocenters. The Morgan fingerprint density at radius 1 is 0.886 bits per heavy atom. The summed E-state index contributed by atoms with van der Waals surface area (Å²) in [7, 11) is -3.21. The first-order chi connectivity index (χ1) is 16.1. The molecule has 0 radical (unpaired) electrons. The monoisotopic (exact) mass is 518 g/mol. The van der Waals surface area contributed by atoms with Crippen molar-refractivity contribution in [2.75, 3.05) is 0 Å². The molecule has 1 aromatic rings. The van der Waals surface area contributed by atoms with E-state index in [2.05, 4.69) is 59.2 Å². The second-order valence-electron chi connectivity index (χ2n) is 15.0. The van der Waals surface area contributed by atoms with E-state index in [-0.39, 0.29) is 5.41 Å². The van der Waals surface area contributed by atoms with Crippen molar-refractivity contribution >= 4 is 16.6 Å². The van der Waals surface area contributed by atoms with Crippen LogP contribution in [0.15, 0.2) is 16.7 Å². The van der Waals surface area contributed by atoms with Gasteiger partial charge in [-0.05, 0) is 132 Å². The molecule has 0 unspecified atom stereocenters. The zero-order valence-corrected chi connectivity index (χ0v) is 25.6. The zero-order chi connectivity index (χ0) is 25.4. The summed E-state index contributed by atoms with van der Waals surface area (Å²) in [6.45, 7) is 18.5. The molecule has 0 aromatic carbocycles. The smallest absolute Gasteiger partial charge is 0.270 e. The van der Waals surface area contributed by atoms with Gasteiger partial charge in [0.1, 0.15) is 0 Å². The minimum atomic E-state index is -1.71. The highest BCUT2D eigenvalue weighted by Crippen LogP contribution is 2.70. The molecule has 0 bridgehead atoms. The molecule has 6 heteroatoms. The standard InChI is InChI=1S/C29H50O4Si2/c1-27-14-11-22(32-34(3,4)5)18-21(27)9-10-25-24(27)12-15-28(2)23(13-16-29(25,28)30)20-17-26(31-19-20)33-35(6,7)8/h17,19,21-25,30H,9-16,18H2,1-8H3/t21-,22+,23-,24+,25-,27+,28-,29+/m1/s1. The molecule has 4 nitrogen and oxygen atoms in total. The first-order valence-corrected chi connectivity index (χ1v) is 21.1. The van der Waals surface area contributed by atoms with Crippen molar-refractivity contribution in [2.45, 2.75) is 129 Å². The van der Waals surface area contributed by atoms with Crippen molar-refractivity contribution in [3.63, 3.8) is 0 Å². The van der Waals surface area contributed by atoms with Crippen LogP contribution < -0.4 is 4.43 Å².